The maximum Gasteiger partial charge on any atom is 0.408 e. The molecule has 0 aromatic carbocycles. The van der Waals surface area contributed by atoms with Crippen LogP contribution < -0.4 is 11.1 Å². The van der Waals surface area contributed by atoms with Crippen LogP contribution in [0.4, 0.5) is 4.79 Å². The molecule has 0 aliphatic rings. The Balaban J connectivity index is 0. The number of amides is 1. The number of ether oxygens (including phenoxy) is 1. The highest BCUT2D eigenvalue weighted by atomic mass is 16.6. The average Bonchev–Trinajstić information content (AvgIpc) is 2.36. The van der Waals surface area contributed by atoms with Crippen LogP contribution in [0.2, 0.25) is 0 Å². The highest BCUT2D eigenvalue weighted by Gasteiger charge is 2.24. The van der Waals surface area contributed by atoms with Crippen molar-refractivity contribution in [2.24, 2.45) is 11.7 Å². The van der Waals surface area contributed by atoms with Crippen molar-refractivity contribution in [2.45, 2.75) is 78.5 Å². The highest BCUT2D eigenvalue weighted by Crippen LogP contribution is 2.09. The van der Waals surface area contributed by atoms with Crippen molar-refractivity contribution in [3.05, 3.63) is 0 Å². The standard InChI is InChI=1S/C11H21NO4.C5H10N2/c1-7(2)6-8(9(13)14)12-10(15)16-11(3,4)5;1-2-5(7)3-4-6/h7-8H,6H2,1-5H3,(H,12,15)(H,13,14);5H,2-3,7H2,1H3/t8-;5-/m01/s1. The molecule has 0 fully saturated rings. The Kier molecular flexibility index (Phi) is 11.9. The predicted molar refractivity (Wildman–Crippen MR) is 88.7 cm³/mol. The fourth-order valence-corrected chi connectivity index (χ4v) is 1.40. The van der Waals surface area contributed by atoms with Gasteiger partial charge in [-0.3, -0.25) is 0 Å². The normalized spacial score (nSPS) is 13.2. The first-order valence-corrected chi connectivity index (χ1v) is 7.77. The zero-order chi connectivity index (χ0) is 18.6. The van der Waals surface area contributed by atoms with Crippen LogP contribution in [-0.2, 0) is 9.53 Å². The number of carboxylic acid groups (broad SMARTS) is 1. The van der Waals surface area contributed by atoms with Crippen LogP contribution in [0.5, 0.6) is 0 Å². The summed E-state index contributed by atoms with van der Waals surface area (Å²) in [5, 5.41) is 19.3. The summed E-state index contributed by atoms with van der Waals surface area (Å²) in [5.74, 6) is -0.851. The number of nitrogens with zero attached hydrogens (tertiary/aromatic N) is 1. The molecular weight excluding hydrogens is 298 g/mol. The van der Waals surface area contributed by atoms with E-state index in [9.17, 15) is 9.59 Å². The van der Waals surface area contributed by atoms with Gasteiger partial charge < -0.3 is 20.9 Å². The SMILES string of the molecule is CC(C)C[C@H](NC(=O)OC(C)(C)C)C(=O)O.CC[C@@H](N)CC#N. The van der Waals surface area contributed by atoms with Gasteiger partial charge in [0.15, 0.2) is 0 Å². The van der Waals surface area contributed by atoms with Crippen LogP contribution in [0.1, 0.15) is 60.8 Å². The molecule has 0 aromatic rings. The minimum Gasteiger partial charge on any atom is -0.480 e. The van der Waals surface area contributed by atoms with E-state index in [-0.39, 0.29) is 12.0 Å². The van der Waals surface area contributed by atoms with Crippen molar-refractivity contribution in [2.75, 3.05) is 0 Å². The molecule has 0 unspecified atom stereocenters. The van der Waals surface area contributed by atoms with Crippen LogP contribution in [0, 0.1) is 17.2 Å². The third kappa shape index (κ3) is 16.4. The van der Waals surface area contributed by atoms with Crippen LogP contribution in [-0.4, -0.2) is 34.9 Å². The van der Waals surface area contributed by atoms with Crippen LogP contribution >= 0.6 is 0 Å². The summed E-state index contributed by atoms with van der Waals surface area (Å²) in [4.78, 5) is 22.2. The minimum absolute atomic E-state index is 0.0880. The largest absolute Gasteiger partial charge is 0.480 e. The zero-order valence-electron chi connectivity index (χ0n) is 15.0. The lowest BCUT2D eigenvalue weighted by Gasteiger charge is -2.22. The smallest absolute Gasteiger partial charge is 0.408 e. The number of carboxylic acids is 1. The third-order valence-electron chi connectivity index (χ3n) is 2.57. The lowest BCUT2D eigenvalue weighted by molar-refractivity contribution is -0.139. The minimum atomic E-state index is -1.04. The van der Waals surface area contributed by atoms with Crippen molar-refractivity contribution >= 4 is 12.1 Å². The quantitative estimate of drug-likeness (QED) is 0.688. The number of carbonyl (C=O) groups is 2. The molecular formula is C16H31N3O4. The highest BCUT2D eigenvalue weighted by molar-refractivity contribution is 5.79. The van der Waals surface area contributed by atoms with E-state index >= 15 is 0 Å². The Morgan fingerprint density at radius 2 is 1.87 bits per heavy atom. The van der Waals surface area contributed by atoms with Gasteiger partial charge in [0.05, 0.1) is 12.5 Å². The lowest BCUT2D eigenvalue weighted by atomic mass is 10.0. The molecule has 0 aliphatic carbocycles. The number of nitriles is 1. The molecule has 0 spiro atoms. The van der Waals surface area contributed by atoms with Gasteiger partial charge in [0, 0.05) is 6.04 Å². The van der Waals surface area contributed by atoms with Crippen molar-refractivity contribution in [1.29, 1.82) is 5.26 Å². The van der Waals surface area contributed by atoms with Gasteiger partial charge in [0.2, 0.25) is 0 Å². The van der Waals surface area contributed by atoms with Gasteiger partial charge in [-0.25, -0.2) is 9.59 Å². The molecule has 0 rings (SSSR count). The van der Waals surface area contributed by atoms with E-state index in [0.29, 0.717) is 12.8 Å². The molecule has 4 N–H and O–H groups in total. The van der Waals surface area contributed by atoms with E-state index in [1.165, 1.54) is 0 Å². The molecule has 0 aliphatic heterocycles. The van der Waals surface area contributed by atoms with Gasteiger partial charge in [0.25, 0.3) is 0 Å². The van der Waals surface area contributed by atoms with Gasteiger partial charge in [-0.2, -0.15) is 5.26 Å². The molecule has 0 aromatic heterocycles. The molecule has 0 radical (unpaired) electrons. The Hall–Kier alpha value is -1.81. The van der Waals surface area contributed by atoms with E-state index in [0.717, 1.165) is 6.42 Å². The van der Waals surface area contributed by atoms with Crippen molar-refractivity contribution < 1.29 is 19.4 Å². The molecule has 134 valence electrons. The fraction of sp³-hybridized carbons (Fsp3) is 0.812. The number of hydrogen-bond donors (Lipinski definition) is 3. The van der Waals surface area contributed by atoms with Gasteiger partial charge in [-0.1, -0.05) is 20.8 Å². The van der Waals surface area contributed by atoms with E-state index in [1.807, 2.05) is 26.8 Å². The Morgan fingerprint density at radius 1 is 1.35 bits per heavy atom. The molecule has 7 nitrogen and oxygen atoms in total. The summed E-state index contributed by atoms with van der Waals surface area (Å²) in [6.45, 7) is 10.9. The third-order valence-corrected chi connectivity index (χ3v) is 2.57. The van der Waals surface area contributed by atoms with Crippen molar-refractivity contribution in [3.8, 4) is 6.07 Å². The second kappa shape index (κ2) is 11.7. The first kappa shape index (κ1) is 23.5. The maximum atomic E-state index is 11.4. The number of alkyl carbamates (subject to hydrolysis) is 1. The number of nitrogens with one attached hydrogen (secondary N) is 1. The fourth-order valence-electron chi connectivity index (χ4n) is 1.40. The van der Waals surface area contributed by atoms with E-state index in [2.05, 4.69) is 5.32 Å². The number of rotatable bonds is 6. The van der Waals surface area contributed by atoms with Crippen LogP contribution in [0.25, 0.3) is 0 Å². The number of carbonyl (C=O) groups excluding carboxylic acids is 1. The Bertz CT molecular complexity index is 397. The molecule has 0 saturated carbocycles. The average molecular weight is 329 g/mol. The Labute approximate surface area is 139 Å². The van der Waals surface area contributed by atoms with Crippen molar-refractivity contribution in [1.82, 2.24) is 5.32 Å². The van der Waals surface area contributed by atoms with Gasteiger partial charge in [-0.05, 0) is 39.5 Å². The summed E-state index contributed by atoms with van der Waals surface area (Å²) in [6.07, 6.45) is 1.07. The van der Waals surface area contributed by atoms with E-state index < -0.39 is 23.7 Å². The second-order valence-electron chi connectivity index (χ2n) is 6.70. The molecule has 0 heterocycles. The summed E-state index contributed by atoms with van der Waals surface area (Å²) in [7, 11) is 0. The van der Waals surface area contributed by atoms with Crippen molar-refractivity contribution in [3.63, 3.8) is 0 Å². The first-order chi connectivity index (χ1) is 10.4. The zero-order valence-corrected chi connectivity index (χ0v) is 15.0. The van der Waals surface area contributed by atoms with E-state index in [4.69, 9.17) is 20.8 Å². The lowest BCUT2D eigenvalue weighted by Crippen LogP contribution is -2.44. The van der Waals surface area contributed by atoms with Gasteiger partial charge in [0.1, 0.15) is 11.6 Å². The summed E-state index contributed by atoms with van der Waals surface area (Å²) >= 11 is 0. The summed E-state index contributed by atoms with van der Waals surface area (Å²) in [5.41, 5.74) is 4.74. The second-order valence-corrected chi connectivity index (χ2v) is 6.70. The number of hydrogen-bond acceptors (Lipinski definition) is 5. The summed E-state index contributed by atoms with van der Waals surface area (Å²) < 4.78 is 4.99. The molecule has 23 heavy (non-hydrogen) atoms. The molecule has 1 amide bonds. The van der Waals surface area contributed by atoms with E-state index in [1.54, 1.807) is 20.8 Å². The number of aliphatic carboxylic acids is 1. The predicted octanol–water partition coefficient (Wildman–Crippen LogP) is 2.65. The van der Waals surface area contributed by atoms with Gasteiger partial charge in [-0.15, -0.1) is 0 Å². The molecule has 0 bridgehead atoms. The maximum absolute atomic E-state index is 11.4. The Morgan fingerprint density at radius 3 is 2.13 bits per heavy atom. The molecule has 0 saturated heterocycles. The number of nitrogens with two attached hydrogens (primary N) is 1. The molecule has 2 atom stereocenters. The van der Waals surface area contributed by atoms with Crippen LogP contribution in [0.3, 0.4) is 0 Å². The monoisotopic (exact) mass is 329 g/mol. The van der Waals surface area contributed by atoms with Crippen LogP contribution in [0.15, 0.2) is 0 Å². The topological polar surface area (TPSA) is 125 Å². The molecule has 7 heteroatoms. The first-order valence-electron chi connectivity index (χ1n) is 7.77. The summed E-state index contributed by atoms with van der Waals surface area (Å²) in [6, 6.07) is 1.19. The van der Waals surface area contributed by atoms with Gasteiger partial charge >= 0.3 is 12.1 Å².